The van der Waals surface area contributed by atoms with Crippen molar-refractivity contribution in [1.29, 1.82) is 0 Å². The van der Waals surface area contributed by atoms with E-state index in [2.05, 4.69) is 21.8 Å². The van der Waals surface area contributed by atoms with Crippen LogP contribution in [0.15, 0.2) is 6.33 Å². The van der Waals surface area contributed by atoms with E-state index in [-0.39, 0.29) is 23.8 Å². The zero-order valence-electron chi connectivity index (χ0n) is 16.0. The minimum Gasteiger partial charge on any atom is -0.444 e. The second-order valence-corrected chi connectivity index (χ2v) is 7.62. The third kappa shape index (κ3) is 4.76. The average molecular weight is 361 g/mol. The Bertz CT molecular complexity index is 710. The first-order chi connectivity index (χ1) is 12.0. The van der Waals surface area contributed by atoms with E-state index in [9.17, 15) is 4.79 Å². The predicted octanol–water partition coefficient (Wildman–Crippen LogP) is 2.14. The molecule has 0 saturated carbocycles. The number of ether oxygens (including phenoxy) is 2. The molecule has 1 aliphatic heterocycles. The van der Waals surface area contributed by atoms with Gasteiger partial charge in [0.2, 0.25) is 0 Å². The SMILES string of the molecule is CC(C)(C)OC(=O)N1[C@@H](CCC#Cc2c(N)ncnc2N)COC1(C)C. The van der Waals surface area contributed by atoms with Gasteiger partial charge in [-0.05, 0) is 41.0 Å². The van der Waals surface area contributed by atoms with Crippen molar-refractivity contribution in [3.63, 3.8) is 0 Å². The van der Waals surface area contributed by atoms with Crippen LogP contribution in [0.25, 0.3) is 0 Å². The summed E-state index contributed by atoms with van der Waals surface area (Å²) in [5.74, 6) is 6.44. The molecular weight excluding hydrogens is 334 g/mol. The summed E-state index contributed by atoms with van der Waals surface area (Å²) in [7, 11) is 0. The maximum Gasteiger partial charge on any atom is 0.412 e. The van der Waals surface area contributed by atoms with Crippen LogP contribution < -0.4 is 11.5 Å². The van der Waals surface area contributed by atoms with Crippen LogP contribution in [0.5, 0.6) is 0 Å². The summed E-state index contributed by atoms with van der Waals surface area (Å²) in [6.07, 6.45) is 2.09. The smallest absolute Gasteiger partial charge is 0.412 e. The molecule has 0 radical (unpaired) electrons. The number of nitrogen functional groups attached to an aromatic ring is 2. The summed E-state index contributed by atoms with van der Waals surface area (Å²) in [5, 5.41) is 0. The molecule has 8 nitrogen and oxygen atoms in total. The zero-order chi connectivity index (χ0) is 19.5. The van der Waals surface area contributed by atoms with E-state index in [0.29, 0.717) is 25.0 Å². The molecule has 8 heteroatoms. The molecule has 1 amide bonds. The van der Waals surface area contributed by atoms with Gasteiger partial charge in [0.25, 0.3) is 0 Å². The van der Waals surface area contributed by atoms with E-state index in [4.69, 9.17) is 20.9 Å². The molecule has 0 unspecified atom stereocenters. The van der Waals surface area contributed by atoms with Crippen molar-refractivity contribution < 1.29 is 14.3 Å². The van der Waals surface area contributed by atoms with E-state index in [1.54, 1.807) is 4.90 Å². The first-order valence-corrected chi connectivity index (χ1v) is 8.52. The van der Waals surface area contributed by atoms with Crippen molar-refractivity contribution in [2.24, 2.45) is 0 Å². The second-order valence-electron chi connectivity index (χ2n) is 7.62. The van der Waals surface area contributed by atoms with Crippen molar-refractivity contribution in [1.82, 2.24) is 14.9 Å². The molecule has 1 aromatic rings. The molecule has 2 rings (SSSR count). The number of aromatic nitrogens is 2. The quantitative estimate of drug-likeness (QED) is 0.775. The van der Waals surface area contributed by atoms with E-state index >= 15 is 0 Å². The van der Waals surface area contributed by atoms with Crippen molar-refractivity contribution in [3.05, 3.63) is 11.9 Å². The van der Waals surface area contributed by atoms with E-state index in [0.717, 1.165) is 0 Å². The lowest BCUT2D eigenvalue weighted by molar-refractivity contribution is -0.0626. The molecule has 0 aliphatic carbocycles. The highest BCUT2D eigenvalue weighted by Crippen LogP contribution is 2.31. The van der Waals surface area contributed by atoms with Gasteiger partial charge in [-0.3, -0.25) is 4.90 Å². The van der Waals surface area contributed by atoms with Gasteiger partial charge in [0.15, 0.2) is 0 Å². The molecular formula is C18H27N5O3. The van der Waals surface area contributed by atoms with Gasteiger partial charge >= 0.3 is 6.09 Å². The van der Waals surface area contributed by atoms with Crippen LogP contribution in [0.3, 0.4) is 0 Å². The van der Waals surface area contributed by atoms with Crippen LogP contribution in [-0.4, -0.2) is 44.9 Å². The molecule has 1 fully saturated rings. The minimum absolute atomic E-state index is 0.115. The van der Waals surface area contributed by atoms with Crippen LogP contribution in [-0.2, 0) is 9.47 Å². The number of rotatable bonds is 2. The topological polar surface area (TPSA) is 117 Å². The molecule has 2 heterocycles. The monoisotopic (exact) mass is 361 g/mol. The Morgan fingerprint density at radius 3 is 2.58 bits per heavy atom. The van der Waals surface area contributed by atoms with Gasteiger partial charge in [-0.1, -0.05) is 11.8 Å². The highest BCUT2D eigenvalue weighted by atomic mass is 16.6. The molecule has 0 aromatic carbocycles. The summed E-state index contributed by atoms with van der Waals surface area (Å²) in [6.45, 7) is 9.66. The largest absolute Gasteiger partial charge is 0.444 e. The first kappa shape index (κ1) is 19.8. The highest BCUT2D eigenvalue weighted by Gasteiger charge is 2.45. The lowest BCUT2D eigenvalue weighted by Crippen LogP contribution is -2.49. The molecule has 4 N–H and O–H groups in total. The maximum absolute atomic E-state index is 12.6. The predicted molar refractivity (Wildman–Crippen MR) is 98.9 cm³/mol. The van der Waals surface area contributed by atoms with Crippen molar-refractivity contribution in [2.45, 2.75) is 64.8 Å². The van der Waals surface area contributed by atoms with Crippen molar-refractivity contribution in [2.75, 3.05) is 18.1 Å². The van der Waals surface area contributed by atoms with Crippen LogP contribution in [0.1, 0.15) is 53.0 Å². The molecule has 0 bridgehead atoms. The fraction of sp³-hybridized carbons (Fsp3) is 0.611. The van der Waals surface area contributed by atoms with E-state index in [1.807, 2.05) is 34.6 Å². The molecule has 1 saturated heterocycles. The van der Waals surface area contributed by atoms with Crippen LogP contribution in [0, 0.1) is 11.8 Å². The summed E-state index contributed by atoms with van der Waals surface area (Å²) in [4.78, 5) is 22.0. The lowest BCUT2D eigenvalue weighted by atomic mass is 10.1. The summed E-state index contributed by atoms with van der Waals surface area (Å²) in [6, 6.07) is -0.115. The van der Waals surface area contributed by atoms with Gasteiger partial charge in [-0.15, -0.1) is 0 Å². The Kier molecular flexibility index (Phi) is 5.62. The second kappa shape index (κ2) is 7.38. The fourth-order valence-electron chi connectivity index (χ4n) is 2.71. The minimum atomic E-state index is -0.720. The highest BCUT2D eigenvalue weighted by molar-refractivity contribution is 5.69. The van der Waals surface area contributed by atoms with Crippen LogP contribution in [0.2, 0.25) is 0 Å². The Hall–Kier alpha value is -2.53. The fourth-order valence-corrected chi connectivity index (χ4v) is 2.71. The van der Waals surface area contributed by atoms with Gasteiger partial charge in [-0.25, -0.2) is 14.8 Å². The zero-order valence-corrected chi connectivity index (χ0v) is 16.0. The average Bonchev–Trinajstić information content (AvgIpc) is 2.79. The van der Waals surface area contributed by atoms with Gasteiger partial charge in [0.1, 0.15) is 34.9 Å². The van der Waals surface area contributed by atoms with Gasteiger partial charge in [-0.2, -0.15) is 0 Å². The van der Waals surface area contributed by atoms with Gasteiger partial charge < -0.3 is 20.9 Å². The molecule has 0 spiro atoms. The van der Waals surface area contributed by atoms with Crippen LogP contribution in [0.4, 0.5) is 16.4 Å². The van der Waals surface area contributed by atoms with Crippen molar-refractivity contribution in [3.8, 4) is 11.8 Å². The third-order valence-corrected chi connectivity index (χ3v) is 3.89. The number of carbonyl (C=O) groups is 1. The third-order valence-electron chi connectivity index (χ3n) is 3.89. The summed E-state index contributed by atoms with van der Waals surface area (Å²) >= 11 is 0. The maximum atomic E-state index is 12.6. The Morgan fingerprint density at radius 1 is 1.38 bits per heavy atom. The number of carbonyl (C=O) groups excluding carboxylic acids is 1. The molecule has 1 aromatic heterocycles. The normalized spacial score (nSPS) is 19.0. The Labute approximate surface area is 154 Å². The van der Waals surface area contributed by atoms with Gasteiger partial charge in [0.05, 0.1) is 12.6 Å². The number of nitrogens with zero attached hydrogens (tertiary/aromatic N) is 3. The summed E-state index contributed by atoms with van der Waals surface area (Å²) in [5.41, 5.74) is 10.7. The standard InChI is InChI=1S/C18H27N5O3/c1-17(2,3)26-16(24)23-12(10-25-18(23,4)5)8-6-7-9-13-14(19)21-11-22-15(13)20/h11-12H,6,8,10H2,1-5H3,(H4,19,20,21,22)/t12-/m0/s1. The molecule has 142 valence electrons. The van der Waals surface area contributed by atoms with E-state index < -0.39 is 11.3 Å². The molecule has 1 atom stereocenters. The Balaban J connectivity index is 2.05. The number of anilines is 2. The Morgan fingerprint density at radius 2 is 2.00 bits per heavy atom. The van der Waals surface area contributed by atoms with Crippen LogP contribution >= 0.6 is 0 Å². The first-order valence-electron chi connectivity index (χ1n) is 8.52. The number of nitrogens with two attached hydrogens (primary N) is 2. The number of hydrogen-bond donors (Lipinski definition) is 2. The molecule has 26 heavy (non-hydrogen) atoms. The number of hydrogen-bond acceptors (Lipinski definition) is 7. The van der Waals surface area contributed by atoms with Crippen molar-refractivity contribution >= 4 is 17.7 Å². The van der Waals surface area contributed by atoms with E-state index in [1.165, 1.54) is 6.33 Å². The van der Waals surface area contributed by atoms with Gasteiger partial charge in [0, 0.05) is 6.42 Å². The summed E-state index contributed by atoms with van der Waals surface area (Å²) < 4.78 is 11.3. The lowest BCUT2D eigenvalue weighted by Gasteiger charge is -2.35. The number of amides is 1. The molecule has 1 aliphatic rings.